The molecule has 6 heteroatoms. The van der Waals surface area contributed by atoms with Crippen molar-refractivity contribution in [3.05, 3.63) is 29.3 Å². The van der Waals surface area contributed by atoms with E-state index < -0.39 is 10.0 Å². The summed E-state index contributed by atoms with van der Waals surface area (Å²) in [7, 11) is -3.48. The summed E-state index contributed by atoms with van der Waals surface area (Å²) in [5.74, 6) is 1.18. The number of nitrogens with zero attached hydrogens (tertiary/aromatic N) is 1. The van der Waals surface area contributed by atoms with Crippen molar-refractivity contribution in [1.29, 1.82) is 0 Å². The third kappa shape index (κ3) is 2.45. The van der Waals surface area contributed by atoms with Gasteiger partial charge in [0.2, 0.25) is 0 Å². The molecule has 1 heterocycles. The highest BCUT2D eigenvalue weighted by molar-refractivity contribution is 7.89. The number of hydrogen-bond acceptors (Lipinski definition) is 4. The van der Waals surface area contributed by atoms with E-state index in [1.165, 1.54) is 19.3 Å². The van der Waals surface area contributed by atoms with Crippen LogP contribution in [0.1, 0.15) is 30.4 Å². The van der Waals surface area contributed by atoms with Crippen molar-refractivity contribution >= 4 is 15.9 Å². The zero-order valence-corrected chi connectivity index (χ0v) is 11.3. The molecule has 1 saturated carbocycles. The molecular weight excluding hydrogens is 264 g/mol. The molecule has 19 heavy (non-hydrogen) atoms. The van der Waals surface area contributed by atoms with Crippen molar-refractivity contribution < 1.29 is 13.2 Å². The fourth-order valence-electron chi connectivity index (χ4n) is 2.40. The summed E-state index contributed by atoms with van der Waals surface area (Å²) in [6.45, 7) is 0.663. The van der Waals surface area contributed by atoms with Crippen LogP contribution in [0, 0.1) is 5.92 Å². The minimum absolute atomic E-state index is 0.0328. The molecule has 1 fully saturated rings. The van der Waals surface area contributed by atoms with Crippen LogP contribution in [0.5, 0.6) is 5.75 Å². The minimum atomic E-state index is -3.48. The number of benzene rings is 1. The Bertz CT molecular complexity index is 633. The van der Waals surface area contributed by atoms with Gasteiger partial charge in [-0.3, -0.25) is 0 Å². The van der Waals surface area contributed by atoms with Gasteiger partial charge in [0.15, 0.2) is 0 Å². The van der Waals surface area contributed by atoms with Gasteiger partial charge in [0.25, 0.3) is 10.0 Å². The Morgan fingerprint density at radius 1 is 1.37 bits per heavy atom. The molecule has 5 nitrogen and oxygen atoms in total. The normalized spacial score (nSPS) is 21.2. The number of amidine groups is 1. The smallest absolute Gasteiger partial charge is 0.259 e. The number of ether oxygens (including phenoxy) is 1. The Morgan fingerprint density at radius 2 is 2.16 bits per heavy atom. The lowest BCUT2D eigenvalue weighted by molar-refractivity contribution is 0.180. The summed E-state index contributed by atoms with van der Waals surface area (Å²) in [6, 6.07) is 5.37. The second-order valence-corrected chi connectivity index (χ2v) is 6.74. The second-order valence-electron chi connectivity index (χ2n) is 5.10. The Labute approximate surface area is 112 Å². The van der Waals surface area contributed by atoms with Crippen molar-refractivity contribution in [2.75, 3.05) is 6.61 Å². The molecule has 0 atom stereocenters. The first kappa shape index (κ1) is 12.5. The van der Waals surface area contributed by atoms with Crippen LogP contribution < -0.4 is 10.5 Å². The molecule has 0 amide bonds. The van der Waals surface area contributed by atoms with Crippen molar-refractivity contribution in [3.8, 4) is 5.75 Å². The summed E-state index contributed by atoms with van der Waals surface area (Å²) in [5, 5.41) is 0. The highest BCUT2D eigenvalue weighted by Crippen LogP contribution is 2.31. The molecule has 3 rings (SSSR count). The van der Waals surface area contributed by atoms with Crippen LogP contribution in [0.3, 0.4) is 0 Å². The molecule has 1 aromatic carbocycles. The van der Waals surface area contributed by atoms with E-state index in [4.69, 9.17) is 10.5 Å². The van der Waals surface area contributed by atoms with Crippen LogP contribution in [0.2, 0.25) is 0 Å². The number of hydrogen-bond donors (Lipinski definition) is 1. The first-order chi connectivity index (χ1) is 9.05. The second kappa shape index (κ2) is 4.52. The van der Waals surface area contributed by atoms with Crippen LogP contribution in [-0.2, 0) is 15.8 Å². The maximum atomic E-state index is 11.5. The van der Waals surface area contributed by atoms with Crippen LogP contribution in [-0.4, -0.2) is 20.9 Å². The summed E-state index contributed by atoms with van der Waals surface area (Å²) in [6.07, 6.45) is 3.67. The summed E-state index contributed by atoms with van der Waals surface area (Å²) >= 11 is 0. The number of sulfonamides is 1. The average molecular weight is 280 g/mol. The third-order valence-corrected chi connectivity index (χ3v) is 4.79. The molecule has 1 aliphatic heterocycles. The van der Waals surface area contributed by atoms with Crippen molar-refractivity contribution in [1.82, 2.24) is 0 Å². The molecule has 1 aromatic rings. The fraction of sp³-hybridized carbons (Fsp3) is 0.462. The van der Waals surface area contributed by atoms with Gasteiger partial charge in [0.1, 0.15) is 11.6 Å². The highest BCUT2D eigenvalue weighted by Gasteiger charge is 2.26. The van der Waals surface area contributed by atoms with Gasteiger partial charge in [0, 0.05) is 0 Å². The predicted molar refractivity (Wildman–Crippen MR) is 72.6 cm³/mol. The van der Waals surface area contributed by atoms with E-state index in [1.54, 1.807) is 12.1 Å². The van der Waals surface area contributed by atoms with Gasteiger partial charge in [-0.25, -0.2) is 8.42 Å². The Kier molecular flexibility index (Phi) is 2.97. The highest BCUT2D eigenvalue weighted by atomic mass is 32.2. The lowest BCUT2D eigenvalue weighted by Gasteiger charge is -2.26. The quantitative estimate of drug-likeness (QED) is 0.907. The molecule has 0 aromatic heterocycles. The summed E-state index contributed by atoms with van der Waals surface area (Å²) < 4.78 is 32.5. The van der Waals surface area contributed by atoms with E-state index in [9.17, 15) is 8.42 Å². The third-order valence-electron chi connectivity index (χ3n) is 3.64. The topological polar surface area (TPSA) is 81.8 Å². The van der Waals surface area contributed by atoms with Crippen molar-refractivity contribution in [3.63, 3.8) is 0 Å². The zero-order valence-electron chi connectivity index (χ0n) is 10.5. The van der Waals surface area contributed by atoms with E-state index in [0.717, 1.165) is 0 Å². The van der Waals surface area contributed by atoms with E-state index in [-0.39, 0.29) is 11.6 Å². The standard InChI is InChI=1S/C13H16N2O3S/c14-13-12-10(8-19(16,17)15-13)5-2-6-11(12)18-7-9-3-1-4-9/h2,5-6,9H,1,3-4,7-8H2,(H2,14,15). The van der Waals surface area contributed by atoms with Gasteiger partial charge in [-0.2, -0.15) is 0 Å². The number of nitrogens with two attached hydrogens (primary N) is 1. The van der Waals surface area contributed by atoms with Crippen molar-refractivity contribution in [2.45, 2.75) is 25.0 Å². The predicted octanol–water partition coefficient (Wildman–Crippen LogP) is 1.41. The maximum Gasteiger partial charge on any atom is 0.259 e. The van der Waals surface area contributed by atoms with Gasteiger partial charge in [-0.05, 0) is 30.4 Å². The number of rotatable bonds is 3. The summed E-state index contributed by atoms with van der Waals surface area (Å²) in [5.41, 5.74) is 7.07. The first-order valence-corrected chi connectivity index (χ1v) is 7.99. The number of fused-ring (bicyclic) bond motifs is 1. The molecule has 0 spiro atoms. The fourth-order valence-corrected chi connectivity index (χ4v) is 3.49. The van der Waals surface area contributed by atoms with E-state index >= 15 is 0 Å². The molecule has 2 N–H and O–H groups in total. The van der Waals surface area contributed by atoms with Crippen molar-refractivity contribution in [2.24, 2.45) is 16.0 Å². The average Bonchev–Trinajstić information content (AvgIpc) is 2.24. The lowest BCUT2D eigenvalue weighted by atomic mass is 9.86. The van der Waals surface area contributed by atoms with Gasteiger partial charge < -0.3 is 10.5 Å². The molecule has 2 aliphatic rings. The molecule has 102 valence electrons. The Hall–Kier alpha value is -1.56. The molecule has 0 bridgehead atoms. The largest absolute Gasteiger partial charge is 0.493 e. The van der Waals surface area contributed by atoms with Crippen LogP contribution in [0.15, 0.2) is 22.6 Å². The van der Waals surface area contributed by atoms with Crippen LogP contribution in [0.4, 0.5) is 0 Å². The molecule has 0 unspecified atom stereocenters. The minimum Gasteiger partial charge on any atom is -0.493 e. The SMILES string of the molecule is NC1=NS(=O)(=O)Cc2cccc(OCC3CCC3)c21. The molecule has 0 saturated heterocycles. The van der Waals surface area contributed by atoms with Gasteiger partial charge in [-0.1, -0.05) is 18.6 Å². The summed E-state index contributed by atoms with van der Waals surface area (Å²) in [4.78, 5) is 0. The lowest BCUT2D eigenvalue weighted by Crippen LogP contribution is -2.26. The molecule has 1 aliphatic carbocycles. The first-order valence-electron chi connectivity index (χ1n) is 6.38. The van der Waals surface area contributed by atoms with Gasteiger partial charge >= 0.3 is 0 Å². The van der Waals surface area contributed by atoms with E-state index in [2.05, 4.69) is 4.40 Å². The van der Waals surface area contributed by atoms with Crippen LogP contribution in [0.25, 0.3) is 0 Å². The van der Waals surface area contributed by atoms with E-state index in [0.29, 0.717) is 29.4 Å². The zero-order chi connectivity index (χ0) is 13.5. The maximum absolute atomic E-state index is 11.5. The molecule has 0 radical (unpaired) electrons. The Balaban J connectivity index is 1.90. The van der Waals surface area contributed by atoms with Gasteiger partial charge in [0.05, 0.1) is 17.9 Å². The van der Waals surface area contributed by atoms with E-state index in [1.807, 2.05) is 6.07 Å². The van der Waals surface area contributed by atoms with Gasteiger partial charge in [-0.15, -0.1) is 4.40 Å². The Morgan fingerprint density at radius 3 is 2.84 bits per heavy atom. The van der Waals surface area contributed by atoms with Crippen LogP contribution >= 0.6 is 0 Å². The molecular formula is C13H16N2O3S. The monoisotopic (exact) mass is 280 g/mol.